The van der Waals surface area contributed by atoms with Gasteiger partial charge in [0.05, 0.1) is 13.7 Å². The van der Waals surface area contributed by atoms with Gasteiger partial charge in [0.2, 0.25) is 5.70 Å². The van der Waals surface area contributed by atoms with E-state index in [4.69, 9.17) is 11.3 Å². The molecule has 102 valence electrons. The van der Waals surface area contributed by atoms with Gasteiger partial charge >= 0.3 is 0 Å². The first-order valence-electron chi connectivity index (χ1n) is 6.68. The van der Waals surface area contributed by atoms with Gasteiger partial charge in [0, 0.05) is 30.6 Å². The Morgan fingerprint density at radius 3 is 2.60 bits per heavy atom. The average Bonchev–Trinajstić information content (AvgIpc) is 2.46. The maximum Gasteiger partial charge on any atom is 0.226 e. The second-order valence-corrected chi connectivity index (χ2v) is 5.48. The Labute approximate surface area is 118 Å². The monoisotopic (exact) mass is 268 g/mol. The molecule has 2 aliphatic rings. The number of ketones is 1. The molecule has 1 aromatic rings. The molecule has 4 heteroatoms. The van der Waals surface area contributed by atoms with E-state index in [9.17, 15) is 4.79 Å². The van der Waals surface area contributed by atoms with Gasteiger partial charge < -0.3 is 14.4 Å². The molecule has 0 N–H and O–H groups in total. The Morgan fingerprint density at radius 1 is 1.30 bits per heavy atom. The van der Waals surface area contributed by atoms with Crippen molar-refractivity contribution in [1.82, 2.24) is 0 Å². The zero-order valence-corrected chi connectivity index (χ0v) is 11.4. The summed E-state index contributed by atoms with van der Waals surface area (Å²) in [7, 11) is 1.66. The number of hydrogen-bond donors (Lipinski definition) is 0. The molecule has 3 rings (SSSR count). The molecule has 1 saturated heterocycles. The first-order valence-corrected chi connectivity index (χ1v) is 6.68. The minimum Gasteiger partial charge on any atom is -0.497 e. The van der Waals surface area contributed by atoms with Crippen LogP contribution in [-0.2, 0) is 4.79 Å². The van der Waals surface area contributed by atoms with Crippen molar-refractivity contribution in [2.24, 2.45) is 5.41 Å². The second-order valence-electron chi connectivity index (χ2n) is 5.48. The van der Waals surface area contributed by atoms with Crippen molar-refractivity contribution in [3.8, 4) is 5.75 Å². The Kier molecular flexibility index (Phi) is 2.98. The van der Waals surface area contributed by atoms with Gasteiger partial charge in [-0.1, -0.05) is 6.08 Å². The summed E-state index contributed by atoms with van der Waals surface area (Å²) in [5.74, 6) is 0.843. The van der Waals surface area contributed by atoms with Gasteiger partial charge in [-0.2, -0.15) is 0 Å². The van der Waals surface area contributed by atoms with E-state index in [0.717, 1.165) is 30.9 Å². The standard InChI is InChI=1S/C16H16N2O2/c1-17-14-9-16(8-7-15(14)19)10-18(11-16)12-3-5-13(20-2)6-4-12/h3-6,9H,7-8,10-11H2,2H3. The van der Waals surface area contributed by atoms with Crippen LogP contribution in [0.3, 0.4) is 0 Å². The molecular formula is C16H16N2O2. The van der Waals surface area contributed by atoms with Crippen LogP contribution < -0.4 is 9.64 Å². The third-order valence-corrected chi connectivity index (χ3v) is 4.15. The van der Waals surface area contributed by atoms with Gasteiger partial charge in [0.1, 0.15) is 5.75 Å². The third kappa shape index (κ3) is 2.05. The lowest BCUT2D eigenvalue weighted by molar-refractivity contribution is -0.116. The van der Waals surface area contributed by atoms with E-state index < -0.39 is 0 Å². The first-order chi connectivity index (χ1) is 9.65. The highest BCUT2D eigenvalue weighted by Crippen LogP contribution is 2.43. The summed E-state index contributed by atoms with van der Waals surface area (Å²) in [6, 6.07) is 7.98. The van der Waals surface area contributed by atoms with E-state index in [1.165, 1.54) is 0 Å². The van der Waals surface area contributed by atoms with Gasteiger partial charge in [-0.3, -0.25) is 0 Å². The van der Waals surface area contributed by atoms with Crippen LogP contribution >= 0.6 is 0 Å². The van der Waals surface area contributed by atoms with Crippen LogP contribution in [0.2, 0.25) is 0 Å². The number of allylic oxidation sites excluding steroid dienone is 1. The lowest BCUT2D eigenvalue weighted by atomic mass is 9.71. The van der Waals surface area contributed by atoms with E-state index in [0.29, 0.717) is 12.1 Å². The molecule has 0 unspecified atom stereocenters. The second kappa shape index (κ2) is 4.68. The summed E-state index contributed by atoms with van der Waals surface area (Å²) in [6.07, 6.45) is 3.26. The number of benzene rings is 1. The maximum absolute atomic E-state index is 11.6. The lowest BCUT2D eigenvalue weighted by Gasteiger charge is -2.51. The van der Waals surface area contributed by atoms with E-state index in [1.54, 1.807) is 7.11 Å². The van der Waals surface area contributed by atoms with Gasteiger partial charge in [-0.05, 0) is 30.7 Å². The molecule has 0 aromatic heterocycles. The van der Waals surface area contributed by atoms with E-state index in [-0.39, 0.29) is 11.2 Å². The number of Topliss-reactive ketones (excluding diaryl/α,β-unsaturated/α-hetero) is 1. The molecule has 1 aliphatic heterocycles. The van der Waals surface area contributed by atoms with Gasteiger partial charge in [0.25, 0.3) is 0 Å². The van der Waals surface area contributed by atoms with Gasteiger partial charge in [-0.25, -0.2) is 4.85 Å². The Morgan fingerprint density at radius 2 is 2.00 bits per heavy atom. The van der Waals surface area contributed by atoms with Crippen LogP contribution in [0.4, 0.5) is 5.69 Å². The smallest absolute Gasteiger partial charge is 0.226 e. The zero-order valence-electron chi connectivity index (χ0n) is 11.4. The quantitative estimate of drug-likeness (QED) is 0.773. The molecule has 0 atom stereocenters. The van der Waals surface area contributed by atoms with Gasteiger partial charge in [-0.15, -0.1) is 0 Å². The Balaban J connectivity index is 1.73. The third-order valence-electron chi connectivity index (χ3n) is 4.15. The molecule has 1 fully saturated rings. The van der Waals surface area contributed by atoms with E-state index in [1.807, 2.05) is 30.3 Å². The molecule has 4 nitrogen and oxygen atoms in total. The zero-order chi connectivity index (χ0) is 14.2. The van der Waals surface area contributed by atoms with Crippen molar-refractivity contribution < 1.29 is 9.53 Å². The SMILES string of the molecule is [C-]#[N+]C1=CC2(CCC1=O)CN(c1ccc(OC)cc1)C2. The van der Waals surface area contributed by atoms with Gasteiger partial charge in [0.15, 0.2) is 5.78 Å². The van der Waals surface area contributed by atoms with Crippen LogP contribution in [0.15, 0.2) is 36.0 Å². The minimum absolute atomic E-state index is 0.00600. The first kappa shape index (κ1) is 12.7. The molecule has 1 aromatic carbocycles. The highest BCUT2D eigenvalue weighted by Gasteiger charge is 2.44. The molecule has 1 spiro atoms. The fourth-order valence-corrected chi connectivity index (χ4v) is 2.97. The van der Waals surface area contributed by atoms with Crippen LogP contribution in [0.1, 0.15) is 12.8 Å². The van der Waals surface area contributed by atoms with Crippen molar-refractivity contribution in [3.05, 3.63) is 47.5 Å². The van der Waals surface area contributed by atoms with E-state index >= 15 is 0 Å². The fraction of sp³-hybridized carbons (Fsp3) is 0.375. The largest absolute Gasteiger partial charge is 0.497 e. The summed E-state index contributed by atoms with van der Waals surface area (Å²) in [5, 5.41) is 0. The summed E-state index contributed by atoms with van der Waals surface area (Å²) in [4.78, 5) is 17.2. The summed E-state index contributed by atoms with van der Waals surface area (Å²) < 4.78 is 5.15. The van der Waals surface area contributed by atoms with Crippen LogP contribution in [0.25, 0.3) is 4.85 Å². The fourth-order valence-electron chi connectivity index (χ4n) is 2.97. The minimum atomic E-state index is -0.00600. The molecule has 0 radical (unpaired) electrons. The Hall–Kier alpha value is -2.28. The normalized spacial score (nSPS) is 20.1. The predicted octanol–water partition coefficient (Wildman–Crippen LogP) is 2.67. The number of methoxy groups -OCH3 is 1. The highest BCUT2D eigenvalue weighted by atomic mass is 16.5. The number of rotatable bonds is 2. The summed E-state index contributed by atoms with van der Waals surface area (Å²) in [6.45, 7) is 8.83. The number of carbonyl (C=O) groups is 1. The molecule has 0 amide bonds. The summed E-state index contributed by atoms with van der Waals surface area (Å²) >= 11 is 0. The number of ether oxygens (including phenoxy) is 1. The van der Waals surface area contributed by atoms with Crippen molar-refractivity contribution in [2.45, 2.75) is 12.8 Å². The number of anilines is 1. The van der Waals surface area contributed by atoms with Crippen molar-refractivity contribution in [2.75, 3.05) is 25.1 Å². The molecule has 1 heterocycles. The van der Waals surface area contributed by atoms with Crippen LogP contribution in [0.5, 0.6) is 5.75 Å². The predicted molar refractivity (Wildman–Crippen MR) is 76.6 cm³/mol. The number of nitrogens with zero attached hydrogens (tertiary/aromatic N) is 2. The number of carbonyl (C=O) groups excluding carboxylic acids is 1. The molecule has 20 heavy (non-hydrogen) atoms. The topological polar surface area (TPSA) is 33.9 Å². The van der Waals surface area contributed by atoms with Crippen LogP contribution in [-0.4, -0.2) is 26.0 Å². The number of hydrogen-bond acceptors (Lipinski definition) is 3. The molecule has 0 saturated carbocycles. The molecule has 0 bridgehead atoms. The lowest BCUT2D eigenvalue weighted by Crippen LogP contribution is -2.56. The van der Waals surface area contributed by atoms with Crippen molar-refractivity contribution in [3.63, 3.8) is 0 Å². The maximum atomic E-state index is 11.6. The van der Waals surface area contributed by atoms with Crippen molar-refractivity contribution in [1.29, 1.82) is 0 Å². The Bertz CT molecular complexity index is 604. The molecular weight excluding hydrogens is 252 g/mol. The average molecular weight is 268 g/mol. The molecule has 1 aliphatic carbocycles. The van der Waals surface area contributed by atoms with Crippen molar-refractivity contribution >= 4 is 11.5 Å². The highest BCUT2D eigenvalue weighted by molar-refractivity contribution is 5.98. The summed E-state index contributed by atoms with van der Waals surface area (Å²) in [5.41, 5.74) is 1.50. The van der Waals surface area contributed by atoms with E-state index in [2.05, 4.69) is 9.74 Å². The van der Waals surface area contributed by atoms with Crippen LogP contribution in [0, 0.1) is 12.0 Å².